The molecule has 0 aliphatic carbocycles. The highest BCUT2D eigenvalue weighted by molar-refractivity contribution is 7.87. The van der Waals surface area contributed by atoms with E-state index < -0.39 is 27.2 Å². The van der Waals surface area contributed by atoms with E-state index in [1.54, 1.807) is 6.92 Å². The van der Waals surface area contributed by atoms with Crippen LogP contribution in [0.2, 0.25) is 0 Å². The average Bonchev–Trinajstić information content (AvgIpc) is 2.60. The lowest BCUT2D eigenvalue weighted by atomic mass is 10.2. The lowest BCUT2D eigenvalue weighted by molar-refractivity contribution is -0.117. The Morgan fingerprint density at radius 2 is 2.06 bits per heavy atom. The second-order valence-electron chi connectivity index (χ2n) is 4.24. The van der Waals surface area contributed by atoms with Gasteiger partial charge in [0.1, 0.15) is 11.1 Å². The first-order valence-corrected chi connectivity index (χ1v) is 6.73. The molecule has 0 saturated carbocycles. The number of anilines is 1. The summed E-state index contributed by atoms with van der Waals surface area (Å²) in [7, 11) is -4.73. The van der Waals surface area contributed by atoms with Crippen LogP contribution in [0.3, 0.4) is 0 Å². The molecule has 7 heteroatoms. The zero-order valence-corrected chi connectivity index (χ0v) is 10.4. The molecule has 1 aliphatic heterocycles. The van der Waals surface area contributed by atoms with E-state index >= 15 is 0 Å². The summed E-state index contributed by atoms with van der Waals surface area (Å²) in [5.41, 5.74) is 0.910. The van der Waals surface area contributed by atoms with Crippen LogP contribution in [0.5, 0.6) is 0 Å². The molecule has 1 unspecified atom stereocenters. The third-order valence-corrected chi connectivity index (χ3v) is 4.05. The number of benzene rings is 1. The van der Waals surface area contributed by atoms with Crippen molar-refractivity contribution in [1.82, 2.24) is 0 Å². The van der Waals surface area contributed by atoms with Crippen LogP contribution in [-0.4, -0.2) is 26.1 Å². The van der Waals surface area contributed by atoms with Crippen LogP contribution in [-0.2, 0) is 15.0 Å². The largest absolute Gasteiger partial charge is 0.311 e. The minimum atomic E-state index is -4.73. The maximum atomic E-state index is 12.9. The van der Waals surface area contributed by atoms with E-state index in [0.29, 0.717) is 11.3 Å². The van der Waals surface area contributed by atoms with Gasteiger partial charge >= 0.3 is 10.2 Å². The topological polar surface area (TPSA) is 54.5 Å². The Morgan fingerprint density at radius 3 is 2.56 bits per heavy atom. The summed E-state index contributed by atoms with van der Waals surface area (Å²) in [6, 6.07) is 3.79. The maximum absolute atomic E-state index is 12.9. The van der Waals surface area contributed by atoms with Crippen LogP contribution in [0.1, 0.15) is 12.0 Å². The fourth-order valence-corrected chi connectivity index (χ4v) is 2.69. The summed E-state index contributed by atoms with van der Waals surface area (Å²) in [5, 5.41) is -1.34. The van der Waals surface area contributed by atoms with Gasteiger partial charge in [-0.05, 0) is 30.7 Å². The van der Waals surface area contributed by atoms with E-state index in [1.807, 2.05) is 0 Å². The molecule has 0 aromatic heterocycles. The molecule has 1 aromatic carbocycles. The number of amides is 1. The molecule has 1 amide bonds. The molecule has 0 bridgehead atoms. The van der Waals surface area contributed by atoms with Crippen LogP contribution >= 0.6 is 0 Å². The summed E-state index contributed by atoms with van der Waals surface area (Å²) in [4.78, 5) is 12.8. The van der Waals surface area contributed by atoms with Gasteiger partial charge in [-0.15, -0.1) is 3.89 Å². The smallest absolute Gasteiger partial charge is 0.307 e. The summed E-state index contributed by atoms with van der Waals surface area (Å²) < 4.78 is 47.4. The van der Waals surface area contributed by atoms with Crippen LogP contribution in [0, 0.1) is 12.7 Å². The second-order valence-corrected chi connectivity index (χ2v) is 5.85. The monoisotopic (exact) mass is 275 g/mol. The Balaban J connectivity index is 2.33. The predicted molar refractivity (Wildman–Crippen MR) is 61.9 cm³/mol. The Kier molecular flexibility index (Phi) is 3.10. The number of nitrogens with zero attached hydrogens (tertiary/aromatic N) is 1. The van der Waals surface area contributed by atoms with Crippen molar-refractivity contribution in [3.05, 3.63) is 29.6 Å². The average molecular weight is 275 g/mol. The fraction of sp³-hybridized carbons (Fsp3) is 0.364. The van der Waals surface area contributed by atoms with E-state index in [0.717, 1.165) is 0 Å². The zero-order valence-electron chi connectivity index (χ0n) is 9.56. The van der Waals surface area contributed by atoms with Gasteiger partial charge in [0.15, 0.2) is 0 Å². The summed E-state index contributed by atoms with van der Waals surface area (Å²) in [5.74, 6) is -0.923. The molecule has 0 spiro atoms. The van der Waals surface area contributed by atoms with E-state index in [9.17, 15) is 21.5 Å². The van der Waals surface area contributed by atoms with Gasteiger partial charge in [0.05, 0.1) is 0 Å². The SMILES string of the molecule is Cc1cc(F)ccc1N1CC(S(=O)(=O)F)CC1=O. The lowest BCUT2D eigenvalue weighted by Crippen LogP contribution is -2.27. The van der Waals surface area contributed by atoms with Crippen molar-refractivity contribution in [1.29, 1.82) is 0 Å². The maximum Gasteiger partial charge on any atom is 0.307 e. The number of hydrogen-bond acceptors (Lipinski definition) is 3. The first kappa shape index (κ1) is 12.9. The molecule has 1 aliphatic rings. The third kappa shape index (κ3) is 2.35. The molecule has 4 nitrogen and oxygen atoms in total. The molecule has 0 N–H and O–H groups in total. The summed E-state index contributed by atoms with van der Waals surface area (Å²) in [6.45, 7) is 1.37. The standard InChI is InChI=1S/C11H11F2NO3S/c1-7-4-8(12)2-3-10(7)14-6-9(5-11(14)15)18(13,16)17/h2-4,9H,5-6H2,1H3. The highest BCUT2D eigenvalue weighted by atomic mass is 32.3. The van der Waals surface area contributed by atoms with E-state index in [2.05, 4.69) is 0 Å². The number of aryl methyl sites for hydroxylation is 1. The fourth-order valence-electron chi connectivity index (χ4n) is 2.02. The first-order valence-electron chi connectivity index (χ1n) is 5.29. The summed E-state index contributed by atoms with van der Waals surface area (Å²) >= 11 is 0. The predicted octanol–water partition coefficient (Wildman–Crippen LogP) is 1.54. The van der Waals surface area contributed by atoms with Gasteiger partial charge in [-0.1, -0.05) is 0 Å². The molecule has 1 aromatic rings. The minimum absolute atomic E-state index is 0.232. The van der Waals surface area contributed by atoms with E-state index in [-0.39, 0.29) is 13.0 Å². The van der Waals surface area contributed by atoms with Crippen LogP contribution in [0.15, 0.2) is 18.2 Å². The molecule has 1 heterocycles. The van der Waals surface area contributed by atoms with Gasteiger partial charge in [-0.3, -0.25) is 4.79 Å². The van der Waals surface area contributed by atoms with Crippen molar-refractivity contribution in [3.8, 4) is 0 Å². The minimum Gasteiger partial charge on any atom is -0.311 e. The van der Waals surface area contributed by atoms with Gasteiger partial charge in [-0.25, -0.2) is 4.39 Å². The normalized spacial score (nSPS) is 20.5. The molecular formula is C11H11F2NO3S. The molecular weight excluding hydrogens is 264 g/mol. The Morgan fingerprint density at radius 1 is 1.39 bits per heavy atom. The van der Waals surface area contributed by atoms with Crippen molar-refractivity contribution in [2.24, 2.45) is 0 Å². The van der Waals surface area contributed by atoms with Gasteiger partial charge in [0, 0.05) is 18.7 Å². The highest BCUT2D eigenvalue weighted by Crippen LogP contribution is 2.28. The van der Waals surface area contributed by atoms with Crippen molar-refractivity contribution in [2.45, 2.75) is 18.6 Å². The van der Waals surface area contributed by atoms with Gasteiger partial charge in [-0.2, -0.15) is 8.42 Å². The number of halogens is 2. The summed E-state index contributed by atoms with van der Waals surface area (Å²) in [6.07, 6.45) is -0.379. The highest BCUT2D eigenvalue weighted by Gasteiger charge is 2.39. The second kappa shape index (κ2) is 4.31. The number of carbonyl (C=O) groups excluding carboxylic acids is 1. The molecule has 18 heavy (non-hydrogen) atoms. The molecule has 1 atom stereocenters. The Hall–Kier alpha value is -1.50. The number of hydrogen-bond donors (Lipinski definition) is 0. The Bertz CT molecular complexity index is 600. The van der Waals surface area contributed by atoms with Crippen molar-refractivity contribution < 1.29 is 21.5 Å². The van der Waals surface area contributed by atoms with E-state index in [4.69, 9.17) is 0 Å². The van der Waals surface area contributed by atoms with Crippen LogP contribution in [0.25, 0.3) is 0 Å². The third-order valence-electron chi connectivity index (χ3n) is 2.94. The van der Waals surface area contributed by atoms with Crippen LogP contribution < -0.4 is 4.90 Å². The van der Waals surface area contributed by atoms with Gasteiger partial charge in [0.25, 0.3) is 0 Å². The van der Waals surface area contributed by atoms with E-state index in [1.165, 1.54) is 23.1 Å². The molecule has 1 saturated heterocycles. The van der Waals surface area contributed by atoms with Gasteiger partial charge in [0.2, 0.25) is 5.91 Å². The van der Waals surface area contributed by atoms with Crippen molar-refractivity contribution >= 4 is 21.8 Å². The Labute approximate surface area is 103 Å². The number of carbonyl (C=O) groups is 1. The van der Waals surface area contributed by atoms with Crippen LogP contribution in [0.4, 0.5) is 14.0 Å². The molecule has 98 valence electrons. The van der Waals surface area contributed by atoms with Gasteiger partial charge < -0.3 is 4.90 Å². The zero-order chi connectivity index (χ0) is 13.5. The first-order chi connectivity index (χ1) is 8.29. The van der Waals surface area contributed by atoms with Crippen molar-refractivity contribution in [3.63, 3.8) is 0 Å². The molecule has 1 fully saturated rings. The lowest BCUT2D eigenvalue weighted by Gasteiger charge is -2.18. The molecule has 0 radical (unpaired) electrons. The molecule has 2 rings (SSSR count). The number of rotatable bonds is 2. The quantitative estimate of drug-likeness (QED) is 0.769. The van der Waals surface area contributed by atoms with Crippen molar-refractivity contribution in [2.75, 3.05) is 11.4 Å².